The molecule has 2 aliphatic heterocycles. The summed E-state index contributed by atoms with van der Waals surface area (Å²) in [6.07, 6.45) is 1.25. The highest BCUT2D eigenvalue weighted by molar-refractivity contribution is 7.89. The molecular weight excluding hydrogens is 421 g/mol. The number of aryl methyl sites for hydroxylation is 1. The number of nitrogens with zero attached hydrogens (tertiary/aromatic N) is 3. The monoisotopic (exact) mass is 439 g/mol. The van der Waals surface area contributed by atoms with E-state index in [-0.39, 0.29) is 29.9 Å². The van der Waals surface area contributed by atoms with Crippen LogP contribution in [0.25, 0.3) is 0 Å². The third-order valence-electron chi connectivity index (χ3n) is 6.17. The van der Waals surface area contributed by atoms with E-state index in [0.29, 0.717) is 31.8 Å². The number of oxazole rings is 1. The molecule has 1 aromatic carbocycles. The number of sulfonamides is 1. The largest absolute Gasteiger partial charge is 0.446 e. The summed E-state index contributed by atoms with van der Waals surface area (Å²) in [5.41, 5.74) is 0.0393. The number of amides is 1. The van der Waals surface area contributed by atoms with Crippen LogP contribution in [0.2, 0.25) is 5.02 Å². The molecule has 2 unspecified atom stereocenters. The number of rotatable bonds is 3. The van der Waals surface area contributed by atoms with Gasteiger partial charge >= 0.3 is 0 Å². The van der Waals surface area contributed by atoms with Crippen LogP contribution in [0.15, 0.2) is 27.5 Å². The average molecular weight is 440 g/mol. The van der Waals surface area contributed by atoms with Gasteiger partial charge in [-0.1, -0.05) is 11.6 Å². The van der Waals surface area contributed by atoms with E-state index in [1.54, 1.807) is 11.8 Å². The normalized spacial score (nSPS) is 26.3. The summed E-state index contributed by atoms with van der Waals surface area (Å²) in [5.74, 6) is 0.433. The van der Waals surface area contributed by atoms with Crippen LogP contribution < -0.4 is 0 Å². The lowest BCUT2D eigenvalue weighted by atomic mass is 10.0. The molecule has 3 heterocycles. The van der Waals surface area contributed by atoms with Crippen molar-refractivity contribution in [2.24, 2.45) is 11.3 Å². The molecule has 7 nitrogen and oxygen atoms in total. The molecule has 5 rings (SSSR count). The second-order valence-corrected chi connectivity index (χ2v) is 10.4. The minimum atomic E-state index is -4.07. The highest BCUT2D eigenvalue weighted by atomic mass is 35.5. The number of carbonyl (C=O) groups is 1. The number of halogens is 2. The molecule has 0 N–H and O–H groups in total. The first-order valence-electron chi connectivity index (χ1n) is 9.40. The molecule has 29 heavy (non-hydrogen) atoms. The maximum Gasteiger partial charge on any atom is 0.246 e. The first-order chi connectivity index (χ1) is 13.7. The fraction of sp³-hybridized carbons (Fsp3) is 0.474. The van der Waals surface area contributed by atoms with E-state index in [2.05, 4.69) is 4.98 Å². The van der Waals surface area contributed by atoms with Crippen molar-refractivity contribution < 1.29 is 22.0 Å². The molecule has 3 aliphatic rings. The van der Waals surface area contributed by atoms with Gasteiger partial charge in [0, 0.05) is 38.0 Å². The molecule has 1 aromatic heterocycles. The number of hydrogen-bond donors (Lipinski definition) is 0. The van der Waals surface area contributed by atoms with Gasteiger partial charge in [-0.2, -0.15) is 4.31 Å². The first-order valence-corrected chi connectivity index (χ1v) is 11.2. The molecule has 1 aliphatic carbocycles. The van der Waals surface area contributed by atoms with E-state index in [1.165, 1.54) is 10.4 Å². The maximum atomic E-state index is 14.2. The minimum Gasteiger partial charge on any atom is -0.446 e. The molecule has 2 aromatic rings. The zero-order chi connectivity index (χ0) is 20.6. The standard InChI is InChI=1S/C19H19ClFN3O4S/c1-11-22-15-9-23(5-4-16(15)28-11)18(25)19-7-12(19)8-24(10-19)29(26,27)17-6-13(20)2-3-14(17)21/h2-3,6,12H,4-5,7-10H2,1H3. The van der Waals surface area contributed by atoms with Crippen molar-refractivity contribution in [3.8, 4) is 0 Å². The van der Waals surface area contributed by atoms with E-state index in [0.717, 1.165) is 23.6 Å². The summed E-state index contributed by atoms with van der Waals surface area (Å²) in [7, 11) is -4.07. The fourth-order valence-electron chi connectivity index (χ4n) is 4.58. The molecule has 0 bridgehead atoms. The highest BCUT2D eigenvalue weighted by Crippen LogP contribution is 2.60. The number of fused-ring (bicyclic) bond motifs is 2. The Bertz CT molecular complexity index is 1130. The Morgan fingerprint density at radius 3 is 3.00 bits per heavy atom. The van der Waals surface area contributed by atoms with Gasteiger partial charge in [0.15, 0.2) is 5.89 Å². The lowest BCUT2D eigenvalue weighted by Crippen LogP contribution is -2.43. The number of carbonyl (C=O) groups excluding carboxylic acids is 1. The topological polar surface area (TPSA) is 83.7 Å². The van der Waals surface area contributed by atoms with Gasteiger partial charge in [0.05, 0.1) is 12.0 Å². The molecule has 0 spiro atoms. The van der Waals surface area contributed by atoms with Gasteiger partial charge in [-0.3, -0.25) is 4.79 Å². The van der Waals surface area contributed by atoms with Crippen molar-refractivity contribution >= 4 is 27.5 Å². The highest BCUT2D eigenvalue weighted by Gasteiger charge is 2.67. The minimum absolute atomic E-state index is 0.0486. The number of aromatic nitrogens is 1. The molecule has 1 saturated heterocycles. The van der Waals surface area contributed by atoms with E-state index in [1.807, 2.05) is 0 Å². The maximum absolute atomic E-state index is 14.2. The van der Waals surface area contributed by atoms with Crippen molar-refractivity contribution in [3.63, 3.8) is 0 Å². The lowest BCUT2D eigenvalue weighted by molar-refractivity contribution is -0.138. The summed E-state index contributed by atoms with van der Waals surface area (Å²) in [4.78, 5) is 18.9. The molecule has 1 amide bonds. The average Bonchev–Trinajstić information content (AvgIpc) is 3.04. The van der Waals surface area contributed by atoms with Crippen molar-refractivity contribution in [1.82, 2.24) is 14.2 Å². The molecule has 154 valence electrons. The van der Waals surface area contributed by atoms with Crippen LogP contribution in [0.5, 0.6) is 0 Å². The van der Waals surface area contributed by atoms with Crippen molar-refractivity contribution in [2.45, 2.75) is 31.2 Å². The Labute approximate surface area is 172 Å². The van der Waals surface area contributed by atoms with E-state index in [9.17, 15) is 17.6 Å². The van der Waals surface area contributed by atoms with Crippen LogP contribution in [0.4, 0.5) is 4.39 Å². The van der Waals surface area contributed by atoms with Crippen LogP contribution in [0.3, 0.4) is 0 Å². The molecule has 2 fully saturated rings. The SMILES string of the molecule is Cc1nc2c(o1)CCN(C(=O)C13CC1CN(S(=O)(=O)c1cc(Cl)ccc1F)C3)C2. The number of hydrogen-bond acceptors (Lipinski definition) is 5. The van der Waals surface area contributed by atoms with Gasteiger partial charge < -0.3 is 9.32 Å². The van der Waals surface area contributed by atoms with Gasteiger partial charge in [0.2, 0.25) is 15.9 Å². The Kier molecular flexibility index (Phi) is 4.11. The van der Waals surface area contributed by atoms with Crippen LogP contribution in [0, 0.1) is 24.1 Å². The third kappa shape index (κ3) is 2.90. The fourth-order valence-corrected chi connectivity index (χ4v) is 6.46. The molecule has 10 heteroatoms. The van der Waals surface area contributed by atoms with Crippen LogP contribution in [-0.4, -0.2) is 48.1 Å². The zero-order valence-electron chi connectivity index (χ0n) is 15.7. The summed E-state index contributed by atoms with van der Waals surface area (Å²) < 4.78 is 46.8. The van der Waals surface area contributed by atoms with Gasteiger partial charge in [0.25, 0.3) is 0 Å². The van der Waals surface area contributed by atoms with Gasteiger partial charge in [0.1, 0.15) is 22.2 Å². The van der Waals surface area contributed by atoms with E-state index >= 15 is 0 Å². The smallest absolute Gasteiger partial charge is 0.246 e. The predicted octanol–water partition coefficient (Wildman–Crippen LogP) is 2.37. The van der Waals surface area contributed by atoms with Crippen LogP contribution in [-0.2, 0) is 27.8 Å². The Hall–Kier alpha value is -1.97. The van der Waals surface area contributed by atoms with Gasteiger partial charge in [-0.15, -0.1) is 0 Å². The summed E-state index contributed by atoms with van der Waals surface area (Å²) >= 11 is 5.87. The van der Waals surface area contributed by atoms with Crippen LogP contribution in [0.1, 0.15) is 23.8 Å². The number of benzene rings is 1. The Morgan fingerprint density at radius 1 is 1.41 bits per heavy atom. The summed E-state index contributed by atoms with van der Waals surface area (Å²) in [5, 5.41) is 0.146. The molecular formula is C19H19ClFN3O4S. The van der Waals surface area contributed by atoms with Gasteiger partial charge in [-0.25, -0.2) is 17.8 Å². The molecule has 2 atom stereocenters. The second kappa shape index (κ2) is 6.26. The quantitative estimate of drug-likeness (QED) is 0.733. The first kappa shape index (κ1) is 19.0. The van der Waals surface area contributed by atoms with Crippen molar-refractivity contribution in [1.29, 1.82) is 0 Å². The zero-order valence-corrected chi connectivity index (χ0v) is 17.3. The van der Waals surface area contributed by atoms with Crippen molar-refractivity contribution in [3.05, 3.63) is 46.4 Å². The van der Waals surface area contributed by atoms with Crippen LogP contribution >= 0.6 is 11.6 Å². The second-order valence-electron chi connectivity index (χ2n) is 8.01. The molecule has 0 radical (unpaired) electrons. The summed E-state index contributed by atoms with van der Waals surface area (Å²) in [6, 6.07) is 3.46. The van der Waals surface area contributed by atoms with E-state index < -0.39 is 26.2 Å². The third-order valence-corrected chi connectivity index (χ3v) is 8.24. The Balaban J connectivity index is 1.37. The van der Waals surface area contributed by atoms with Crippen molar-refractivity contribution in [2.75, 3.05) is 19.6 Å². The lowest BCUT2D eigenvalue weighted by Gasteiger charge is -2.29. The van der Waals surface area contributed by atoms with Gasteiger partial charge in [-0.05, 0) is 30.5 Å². The number of piperidine rings is 1. The molecule has 1 saturated carbocycles. The van der Waals surface area contributed by atoms with E-state index in [4.69, 9.17) is 16.0 Å². The summed E-state index contributed by atoms with van der Waals surface area (Å²) in [6.45, 7) is 2.93. The predicted molar refractivity (Wildman–Crippen MR) is 101 cm³/mol. The Morgan fingerprint density at radius 2 is 2.21 bits per heavy atom.